The first-order valence-corrected chi connectivity index (χ1v) is 7.74. The molecule has 8 nitrogen and oxygen atoms in total. The average Bonchev–Trinajstić information content (AvgIpc) is 2.62. The molecule has 8 heteroatoms. The second-order valence-corrected chi connectivity index (χ2v) is 5.19. The molecule has 0 atom stereocenters. The molecule has 0 unspecified atom stereocenters. The number of hydrogen-bond acceptors (Lipinski definition) is 6. The van der Waals surface area contributed by atoms with Gasteiger partial charge in [-0.05, 0) is 12.1 Å². The van der Waals surface area contributed by atoms with Gasteiger partial charge in [-0.1, -0.05) is 6.07 Å². The van der Waals surface area contributed by atoms with E-state index in [4.69, 9.17) is 14.2 Å². The van der Waals surface area contributed by atoms with Gasteiger partial charge in [0.15, 0.2) is 23.9 Å². The highest BCUT2D eigenvalue weighted by Gasteiger charge is 2.15. The number of ether oxygens (including phenoxy) is 3. The fraction of sp³-hybridized carbons (Fsp3) is 0.222. The third-order valence-corrected chi connectivity index (χ3v) is 3.24. The van der Waals surface area contributed by atoms with Crippen LogP contribution in [0.2, 0.25) is 0 Å². The number of carbonyl (C=O) groups is 2. The van der Waals surface area contributed by atoms with E-state index in [1.54, 1.807) is 29.1 Å². The lowest BCUT2D eigenvalue weighted by molar-refractivity contribution is -0.684. The Morgan fingerprint density at radius 3 is 2.27 bits per heavy atom. The molecule has 0 spiro atoms. The van der Waals surface area contributed by atoms with Crippen LogP contribution in [0.5, 0.6) is 17.2 Å². The highest BCUT2D eigenvalue weighted by molar-refractivity contribution is 5.84. The first kappa shape index (κ1) is 18.9. The molecule has 0 aliphatic heterocycles. The lowest BCUT2D eigenvalue weighted by atomic mass is 10.2. The molecule has 26 heavy (non-hydrogen) atoms. The molecule has 0 radical (unpaired) electrons. The van der Waals surface area contributed by atoms with Gasteiger partial charge in [-0.25, -0.2) is 5.43 Å². The Morgan fingerprint density at radius 1 is 1.12 bits per heavy atom. The van der Waals surface area contributed by atoms with Crippen molar-refractivity contribution >= 4 is 18.1 Å². The van der Waals surface area contributed by atoms with E-state index in [9.17, 15) is 9.59 Å². The van der Waals surface area contributed by atoms with Gasteiger partial charge in [0.25, 0.3) is 0 Å². The Morgan fingerprint density at radius 2 is 1.73 bits per heavy atom. The van der Waals surface area contributed by atoms with Crippen molar-refractivity contribution in [3.8, 4) is 17.2 Å². The minimum Gasteiger partial charge on any atom is -0.493 e. The van der Waals surface area contributed by atoms with Crippen molar-refractivity contribution in [1.29, 1.82) is 0 Å². The summed E-state index contributed by atoms with van der Waals surface area (Å²) in [6.45, 7) is 1.44. The van der Waals surface area contributed by atoms with Gasteiger partial charge in [-0.3, -0.25) is 9.59 Å². The first-order chi connectivity index (χ1) is 12.5. The second kappa shape index (κ2) is 9.16. The Kier molecular flexibility index (Phi) is 6.67. The smallest absolute Gasteiger partial charge is 0.308 e. The number of nitrogens with zero attached hydrogens (tertiary/aromatic N) is 2. The molecule has 1 amide bonds. The summed E-state index contributed by atoms with van der Waals surface area (Å²) in [5.41, 5.74) is 3.04. The lowest BCUT2D eigenvalue weighted by Crippen LogP contribution is -2.40. The SMILES string of the molecule is COc1cc(C=NNC(=O)C[n+]2ccccc2)cc(OC)c1OC(C)=O. The summed E-state index contributed by atoms with van der Waals surface area (Å²) in [5.74, 6) is 0.0464. The number of esters is 1. The minimum atomic E-state index is -0.492. The van der Waals surface area contributed by atoms with Crippen molar-refractivity contribution in [2.45, 2.75) is 13.5 Å². The minimum absolute atomic E-state index is 0.149. The maximum absolute atomic E-state index is 11.9. The zero-order valence-electron chi connectivity index (χ0n) is 14.8. The largest absolute Gasteiger partial charge is 0.493 e. The number of carbonyl (C=O) groups excluding carboxylic acids is 2. The summed E-state index contributed by atoms with van der Waals surface area (Å²) in [4.78, 5) is 23.1. The van der Waals surface area contributed by atoms with Gasteiger partial charge in [-0.15, -0.1) is 0 Å². The maximum Gasteiger partial charge on any atom is 0.308 e. The number of methoxy groups -OCH3 is 2. The van der Waals surface area contributed by atoms with Crippen molar-refractivity contribution < 1.29 is 28.4 Å². The zero-order chi connectivity index (χ0) is 18.9. The van der Waals surface area contributed by atoms with Crippen LogP contribution >= 0.6 is 0 Å². The van der Waals surface area contributed by atoms with Crippen LogP contribution in [0.1, 0.15) is 12.5 Å². The Labute approximate surface area is 151 Å². The van der Waals surface area contributed by atoms with Crippen LogP contribution in [0.3, 0.4) is 0 Å². The van der Waals surface area contributed by atoms with Crippen LogP contribution in [0, 0.1) is 0 Å². The number of aromatic nitrogens is 1. The summed E-state index contributed by atoms with van der Waals surface area (Å²) in [6.07, 6.45) is 5.01. The molecular formula is C18H20N3O5+. The summed E-state index contributed by atoms with van der Waals surface area (Å²) >= 11 is 0. The first-order valence-electron chi connectivity index (χ1n) is 7.74. The molecular weight excluding hydrogens is 338 g/mol. The standard InChI is InChI=1S/C18H19N3O5/c1-13(22)26-18-15(24-2)9-14(10-16(18)25-3)11-19-20-17(23)12-21-7-5-4-6-8-21/h4-11H,12H2,1-3H3/p+1. The molecule has 2 rings (SSSR count). The number of hydrazone groups is 1. The predicted molar refractivity (Wildman–Crippen MR) is 93.2 cm³/mol. The number of nitrogens with one attached hydrogen (secondary N) is 1. The van der Waals surface area contributed by atoms with Gasteiger partial charge < -0.3 is 14.2 Å². The van der Waals surface area contributed by atoms with Crippen LogP contribution in [-0.4, -0.2) is 32.3 Å². The van der Waals surface area contributed by atoms with E-state index in [2.05, 4.69) is 10.5 Å². The lowest BCUT2D eigenvalue weighted by Gasteiger charge is -2.13. The van der Waals surface area contributed by atoms with Crippen LogP contribution in [0.25, 0.3) is 0 Å². The highest BCUT2D eigenvalue weighted by Crippen LogP contribution is 2.38. The molecule has 136 valence electrons. The fourth-order valence-electron chi connectivity index (χ4n) is 2.14. The molecule has 1 aromatic carbocycles. The molecule has 1 aromatic heterocycles. The van der Waals surface area contributed by atoms with Gasteiger partial charge in [0.2, 0.25) is 12.3 Å². The Hall–Kier alpha value is -3.42. The van der Waals surface area contributed by atoms with Gasteiger partial charge >= 0.3 is 11.9 Å². The number of hydrogen-bond donors (Lipinski definition) is 1. The number of rotatable bonds is 7. The molecule has 0 fully saturated rings. The van der Waals surface area contributed by atoms with Crippen molar-refractivity contribution in [2.75, 3.05) is 14.2 Å². The van der Waals surface area contributed by atoms with E-state index in [0.29, 0.717) is 17.1 Å². The summed E-state index contributed by atoms with van der Waals surface area (Å²) < 4.78 is 17.3. The van der Waals surface area contributed by atoms with Crippen molar-refractivity contribution in [3.05, 3.63) is 48.3 Å². The molecule has 0 aliphatic rings. The van der Waals surface area contributed by atoms with Gasteiger partial charge in [0.05, 0.1) is 20.4 Å². The third kappa shape index (κ3) is 5.30. The zero-order valence-corrected chi connectivity index (χ0v) is 14.8. The number of pyridine rings is 1. The van der Waals surface area contributed by atoms with E-state index >= 15 is 0 Å². The van der Waals surface area contributed by atoms with Crippen molar-refractivity contribution in [3.63, 3.8) is 0 Å². The molecule has 0 aliphatic carbocycles. The van der Waals surface area contributed by atoms with Crippen LogP contribution < -0.4 is 24.2 Å². The molecule has 1 N–H and O–H groups in total. The molecule has 1 heterocycles. The molecule has 2 aromatic rings. The Bertz CT molecular complexity index is 781. The van der Waals surface area contributed by atoms with E-state index in [1.807, 2.05) is 18.2 Å². The van der Waals surface area contributed by atoms with E-state index in [-0.39, 0.29) is 18.2 Å². The summed E-state index contributed by atoms with van der Waals surface area (Å²) in [6, 6.07) is 8.76. The van der Waals surface area contributed by atoms with Crippen molar-refractivity contribution in [2.24, 2.45) is 5.10 Å². The highest BCUT2D eigenvalue weighted by atomic mass is 16.6. The molecule has 0 saturated carbocycles. The summed E-state index contributed by atoms with van der Waals surface area (Å²) in [7, 11) is 2.89. The van der Waals surface area contributed by atoms with Gasteiger partial charge in [-0.2, -0.15) is 9.67 Å². The topological polar surface area (TPSA) is 90.1 Å². The van der Waals surface area contributed by atoms with Crippen LogP contribution in [0.15, 0.2) is 47.8 Å². The predicted octanol–water partition coefficient (Wildman–Crippen LogP) is 1.07. The third-order valence-electron chi connectivity index (χ3n) is 3.24. The maximum atomic E-state index is 11.9. The quantitative estimate of drug-likeness (QED) is 0.263. The Balaban J connectivity index is 2.09. The molecule has 0 bridgehead atoms. The fourth-order valence-corrected chi connectivity index (χ4v) is 2.14. The van der Waals surface area contributed by atoms with Gasteiger partial charge in [0, 0.05) is 24.6 Å². The van der Waals surface area contributed by atoms with Crippen molar-refractivity contribution in [1.82, 2.24) is 5.43 Å². The second-order valence-electron chi connectivity index (χ2n) is 5.19. The average molecular weight is 358 g/mol. The normalized spacial score (nSPS) is 10.4. The molecule has 0 saturated heterocycles. The van der Waals surface area contributed by atoms with Crippen LogP contribution in [0.4, 0.5) is 0 Å². The monoisotopic (exact) mass is 358 g/mol. The van der Waals surface area contributed by atoms with E-state index in [0.717, 1.165) is 0 Å². The van der Waals surface area contributed by atoms with Crippen LogP contribution in [-0.2, 0) is 16.1 Å². The van der Waals surface area contributed by atoms with E-state index in [1.165, 1.54) is 27.4 Å². The summed E-state index contributed by atoms with van der Waals surface area (Å²) in [5, 5.41) is 3.92. The number of benzene rings is 1. The van der Waals surface area contributed by atoms with Gasteiger partial charge in [0.1, 0.15) is 0 Å². The van der Waals surface area contributed by atoms with E-state index < -0.39 is 5.97 Å². The number of amides is 1.